The third kappa shape index (κ3) is 1.70. The van der Waals surface area contributed by atoms with Crippen molar-refractivity contribution in [2.45, 2.75) is 0 Å². The molecule has 54 valence electrons. The fourth-order valence-corrected chi connectivity index (χ4v) is 2.24. The van der Waals surface area contributed by atoms with Crippen molar-refractivity contribution in [2.24, 2.45) is 0 Å². The summed E-state index contributed by atoms with van der Waals surface area (Å²) in [6.07, 6.45) is 12.6. The van der Waals surface area contributed by atoms with Crippen LogP contribution in [0, 0.1) is 0 Å². The quantitative estimate of drug-likeness (QED) is 0.624. The lowest BCUT2D eigenvalue weighted by Gasteiger charge is -1.99. The molecule has 0 amide bonds. The second kappa shape index (κ2) is 3.94. The van der Waals surface area contributed by atoms with Crippen LogP contribution >= 0.6 is 23.5 Å². The molecule has 0 aromatic carbocycles. The highest BCUT2D eigenvalue weighted by Gasteiger charge is 1.99. The van der Waals surface area contributed by atoms with Crippen molar-refractivity contribution >= 4 is 23.5 Å². The number of thioether (sulfide) groups is 2. The Morgan fingerprint density at radius 1 is 1.10 bits per heavy atom. The summed E-state index contributed by atoms with van der Waals surface area (Å²) in [7, 11) is 0. The van der Waals surface area contributed by atoms with Gasteiger partial charge in [0.05, 0.1) is 0 Å². The molecule has 0 aromatic rings. The summed E-state index contributed by atoms with van der Waals surface area (Å²) in [4.78, 5) is 0. The fraction of sp³-hybridized carbons (Fsp3) is 0.250. The van der Waals surface area contributed by atoms with Gasteiger partial charge < -0.3 is 0 Å². The van der Waals surface area contributed by atoms with Crippen LogP contribution in [0.2, 0.25) is 0 Å². The molecule has 0 aromatic heterocycles. The number of allylic oxidation sites excluding steroid dienone is 5. The van der Waals surface area contributed by atoms with Gasteiger partial charge in [0, 0.05) is 4.24 Å². The van der Waals surface area contributed by atoms with Gasteiger partial charge in [-0.05, 0) is 18.1 Å². The van der Waals surface area contributed by atoms with Gasteiger partial charge in [-0.15, -0.1) is 23.5 Å². The van der Waals surface area contributed by atoms with E-state index in [1.807, 2.05) is 23.5 Å². The smallest absolute Gasteiger partial charge is 0.0468 e. The summed E-state index contributed by atoms with van der Waals surface area (Å²) in [5.74, 6) is 0. The van der Waals surface area contributed by atoms with Crippen LogP contribution in [0.25, 0.3) is 0 Å². The molecular weight excluding hydrogens is 160 g/mol. The van der Waals surface area contributed by atoms with Crippen molar-refractivity contribution < 1.29 is 0 Å². The summed E-state index contributed by atoms with van der Waals surface area (Å²) in [5, 5.41) is 0. The molecule has 1 rings (SSSR count). The highest BCUT2D eigenvalue weighted by Crippen LogP contribution is 2.30. The molecule has 0 atom stereocenters. The Morgan fingerprint density at radius 3 is 2.00 bits per heavy atom. The fourth-order valence-electron chi connectivity index (χ4n) is 0.829. The van der Waals surface area contributed by atoms with Crippen molar-refractivity contribution in [3.8, 4) is 0 Å². The standard InChI is InChI=1S/C8H10S2/c1-9-8(10-2)7-5-3-4-6-7/h3-6H,1-2H3. The van der Waals surface area contributed by atoms with E-state index >= 15 is 0 Å². The molecule has 0 nitrogen and oxygen atoms in total. The van der Waals surface area contributed by atoms with Crippen molar-refractivity contribution in [2.75, 3.05) is 12.5 Å². The van der Waals surface area contributed by atoms with E-state index in [0.29, 0.717) is 0 Å². The predicted octanol–water partition coefficient (Wildman–Crippen LogP) is 3.05. The van der Waals surface area contributed by atoms with E-state index < -0.39 is 0 Å². The Labute approximate surface area is 70.5 Å². The van der Waals surface area contributed by atoms with Crippen molar-refractivity contribution in [1.82, 2.24) is 0 Å². The van der Waals surface area contributed by atoms with E-state index in [-0.39, 0.29) is 0 Å². The third-order valence-electron chi connectivity index (χ3n) is 1.27. The second-order valence-electron chi connectivity index (χ2n) is 1.87. The van der Waals surface area contributed by atoms with Gasteiger partial charge in [0.2, 0.25) is 0 Å². The van der Waals surface area contributed by atoms with Gasteiger partial charge in [0.15, 0.2) is 0 Å². The van der Waals surface area contributed by atoms with Gasteiger partial charge in [0.1, 0.15) is 0 Å². The summed E-state index contributed by atoms with van der Waals surface area (Å²) in [6, 6.07) is 0. The lowest BCUT2D eigenvalue weighted by atomic mass is 10.3. The maximum absolute atomic E-state index is 2.14. The first-order valence-electron chi connectivity index (χ1n) is 3.05. The molecule has 0 heterocycles. The average molecular weight is 170 g/mol. The molecule has 1 aliphatic rings. The Kier molecular flexibility index (Phi) is 3.16. The molecular formula is C8H10S2. The molecule has 0 unspecified atom stereocenters. The summed E-state index contributed by atoms with van der Waals surface area (Å²) in [6.45, 7) is 0. The summed E-state index contributed by atoms with van der Waals surface area (Å²) >= 11 is 3.61. The zero-order valence-electron chi connectivity index (χ0n) is 6.13. The lowest BCUT2D eigenvalue weighted by Crippen LogP contribution is -1.72. The molecule has 0 spiro atoms. The maximum Gasteiger partial charge on any atom is 0.0468 e. The van der Waals surface area contributed by atoms with Crippen LogP contribution in [0.5, 0.6) is 0 Å². The Balaban J connectivity index is 2.81. The van der Waals surface area contributed by atoms with E-state index in [2.05, 4.69) is 36.8 Å². The first-order chi connectivity index (χ1) is 4.88. The van der Waals surface area contributed by atoms with Crippen LogP contribution in [0.1, 0.15) is 0 Å². The summed E-state index contributed by atoms with van der Waals surface area (Å²) in [5.41, 5.74) is 1.35. The van der Waals surface area contributed by atoms with Gasteiger partial charge in [-0.1, -0.05) is 24.3 Å². The molecule has 2 heteroatoms. The number of hydrogen-bond donors (Lipinski definition) is 0. The van der Waals surface area contributed by atoms with E-state index in [0.717, 1.165) is 0 Å². The Hall–Kier alpha value is -0.0800. The van der Waals surface area contributed by atoms with E-state index in [1.165, 1.54) is 9.81 Å². The first kappa shape index (κ1) is 8.02. The third-order valence-corrected chi connectivity index (χ3v) is 3.48. The largest absolute Gasteiger partial charge is 0.122 e. The van der Waals surface area contributed by atoms with Crippen molar-refractivity contribution in [3.05, 3.63) is 34.1 Å². The van der Waals surface area contributed by atoms with Gasteiger partial charge in [-0.3, -0.25) is 0 Å². The lowest BCUT2D eigenvalue weighted by molar-refractivity contribution is 1.81. The maximum atomic E-state index is 2.14. The van der Waals surface area contributed by atoms with E-state index in [4.69, 9.17) is 0 Å². The molecule has 0 N–H and O–H groups in total. The van der Waals surface area contributed by atoms with Gasteiger partial charge >= 0.3 is 0 Å². The van der Waals surface area contributed by atoms with Crippen LogP contribution < -0.4 is 0 Å². The monoisotopic (exact) mass is 170 g/mol. The first-order valence-corrected chi connectivity index (χ1v) is 5.50. The molecule has 0 saturated carbocycles. The van der Waals surface area contributed by atoms with E-state index in [9.17, 15) is 0 Å². The molecule has 0 aliphatic heterocycles. The highest BCUT2D eigenvalue weighted by atomic mass is 32.2. The van der Waals surface area contributed by atoms with Crippen molar-refractivity contribution in [1.29, 1.82) is 0 Å². The molecule has 0 radical (unpaired) electrons. The van der Waals surface area contributed by atoms with Crippen LogP contribution in [0.4, 0.5) is 0 Å². The number of hydrogen-bond acceptors (Lipinski definition) is 2. The minimum Gasteiger partial charge on any atom is -0.122 e. The number of rotatable bonds is 2. The van der Waals surface area contributed by atoms with Gasteiger partial charge in [-0.2, -0.15) is 0 Å². The SMILES string of the molecule is CSC(SC)=C1C=CC=C1. The Bertz CT molecular complexity index is 179. The average Bonchev–Trinajstić information content (AvgIpc) is 2.43. The zero-order valence-corrected chi connectivity index (χ0v) is 7.76. The predicted molar refractivity (Wildman–Crippen MR) is 52.3 cm³/mol. The van der Waals surface area contributed by atoms with Gasteiger partial charge in [0.25, 0.3) is 0 Å². The second-order valence-corrected chi connectivity index (χ2v) is 3.76. The van der Waals surface area contributed by atoms with Crippen LogP contribution in [0.15, 0.2) is 34.1 Å². The summed E-state index contributed by atoms with van der Waals surface area (Å²) < 4.78 is 1.39. The molecule has 1 aliphatic carbocycles. The van der Waals surface area contributed by atoms with Crippen molar-refractivity contribution in [3.63, 3.8) is 0 Å². The zero-order chi connectivity index (χ0) is 7.40. The molecule has 0 saturated heterocycles. The van der Waals surface area contributed by atoms with Crippen LogP contribution in [-0.2, 0) is 0 Å². The Morgan fingerprint density at radius 2 is 1.60 bits per heavy atom. The molecule has 0 fully saturated rings. The molecule has 10 heavy (non-hydrogen) atoms. The highest BCUT2D eigenvalue weighted by molar-refractivity contribution is 8.21. The van der Waals surface area contributed by atoms with E-state index in [1.54, 1.807) is 0 Å². The topological polar surface area (TPSA) is 0 Å². The van der Waals surface area contributed by atoms with Crippen LogP contribution in [-0.4, -0.2) is 12.5 Å². The minimum atomic E-state index is 1.35. The normalized spacial score (nSPS) is 14.8. The van der Waals surface area contributed by atoms with Crippen LogP contribution in [0.3, 0.4) is 0 Å². The minimum absolute atomic E-state index is 1.35. The van der Waals surface area contributed by atoms with Gasteiger partial charge in [-0.25, -0.2) is 0 Å². The molecule has 0 bridgehead atoms.